The van der Waals surface area contributed by atoms with Gasteiger partial charge in [0.15, 0.2) is 0 Å². The number of anilines is 1. The first-order valence-electron chi connectivity index (χ1n) is 11.9. The van der Waals surface area contributed by atoms with Gasteiger partial charge in [0.1, 0.15) is 17.4 Å². The Morgan fingerprint density at radius 1 is 1.17 bits per heavy atom. The molecule has 0 radical (unpaired) electrons. The Bertz CT molecular complexity index is 1380. The largest absolute Gasteiger partial charge is 0.495 e. The zero-order valence-electron chi connectivity index (χ0n) is 20.5. The molecule has 0 bridgehead atoms. The van der Waals surface area contributed by atoms with E-state index in [1.54, 1.807) is 17.8 Å². The molecular formula is C24H30N6O5S. The summed E-state index contributed by atoms with van der Waals surface area (Å²) in [4.78, 5) is 18.6. The van der Waals surface area contributed by atoms with E-state index in [1.807, 2.05) is 37.4 Å². The summed E-state index contributed by atoms with van der Waals surface area (Å²) in [5, 5.41) is 7.23. The molecule has 1 amide bonds. The molecule has 2 aliphatic rings. The molecule has 0 saturated carbocycles. The molecule has 3 aromatic rings. The van der Waals surface area contributed by atoms with Gasteiger partial charge in [0.25, 0.3) is 0 Å². The third-order valence-electron chi connectivity index (χ3n) is 6.85. The van der Waals surface area contributed by atoms with Crippen LogP contribution in [0.4, 0.5) is 5.69 Å². The van der Waals surface area contributed by atoms with E-state index >= 15 is 0 Å². The number of piperazine rings is 1. The topological polar surface area (TPSA) is 118 Å². The summed E-state index contributed by atoms with van der Waals surface area (Å²) in [5.41, 5.74) is 3.15. The SMILES string of the molecule is COc1cc(-c2cn3nccc3c(O[C@H](C)[C@H]3CNC(=O)C3)n2)ccc1N1CCN(S(C)(=O)=O)CC1. The van der Waals surface area contributed by atoms with Crippen molar-refractivity contribution >= 4 is 27.1 Å². The van der Waals surface area contributed by atoms with Crippen molar-refractivity contribution in [2.24, 2.45) is 5.92 Å². The minimum Gasteiger partial charge on any atom is -0.495 e. The minimum absolute atomic E-state index is 0.0385. The second kappa shape index (κ2) is 9.58. The Balaban J connectivity index is 1.41. The van der Waals surface area contributed by atoms with Crippen LogP contribution in [0.1, 0.15) is 13.3 Å². The number of rotatable bonds is 7. The lowest BCUT2D eigenvalue weighted by molar-refractivity contribution is -0.119. The first-order chi connectivity index (χ1) is 17.2. The van der Waals surface area contributed by atoms with Gasteiger partial charge in [-0.1, -0.05) is 6.07 Å². The molecule has 5 rings (SSSR count). The van der Waals surface area contributed by atoms with Crippen LogP contribution in [0.3, 0.4) is 0 Å². The van der Waals surface area contributed by atoms with E-state index < -0.39 is 10.0 Å². The van der Waals surface area contributed by atoms with Gasteiger partial charge in [-0.15, -0.1) is 0 Å². The zero-order chi connectivity index (χ0) is 25.4. The Morgan fingerprint density at radius 3 is 2.61 bits per heavy atom. The Morgan fingerprint density at radius 2 is 1.94 bits per heavy atom. The first-order valence-corrected chi connectivity index (χ1v) is 13.7. The normalized spacial score (nSPS) is 19.9. The summed E-state index contributed by atoms with van der Waals surface area (Å²) in [6.07, 6.45) is 5.01. The molecule has 1 N–H and O–H groups in total. The number of benzene rings is 1. The molecule has 192 valence electrons. The van der Waals surface area contributed by atoms with Crippen molar-refractivity contribution in [1.29, 1.82) is 0 Å². The minimum atomic E-state index is -3.20. The van der Waals surface area contributed by atoms with Crippen molar-refractivity contribution in [2.75, 3.05) is 51.0 Å². The fourth-order valence-electron chi connectivity index (χ4n) is 4.71. The lowest BCUT2D eigenvalue weighted by Gasteiger charge is -2.35. The van der Waals surface area contributed by atoms with Gasteiger partial charge in [0, 0.05) is 50.6 Å². The van der Waals surface area contributed by atoms with Crippen LogP contribution in [-0.4, -0.2) is 85.4 Å². The smallest absolute Gasteiger partial charge is 0.240 e. The molecule has 0 spiro atoms. The van der Waals surface area contributed by atoms with Crippen molar-refractivity contribution in [2.45, 2.75) is 19.4 Å². The van der Waals surface area contributed by atoms with Crippen molar-refractivity contribution in [3.63, 3.8) is 0 Å². The maximum absolute atomic E-state index is 11.9. The molecule has 36 heavy (non-hydrogen) atoms. The highest BCUT2D eigenvalue weighted by Crippen LogP contribution is 2.35. The maximum Gasteiger partial charge on any atom is 0.240 e. The number of nitrogens with one attached hydrogen (secondary N) is 1. The lowest BCUT2D eigenvalue weighted by Crippen LogP contribution is -2.48. The van der Waals surface area contributed by atoms with Crippen LogP contribution in [-0.2, 0) is 14.8 Å². The van der Waals surface area contributed by atoms with Crippen LogP contribution >= 0.6 is 0 Å². The first kappa shape index (κ1) is 24.3. The molecule has 11 nitrogen and oxygen atoms in total. The molecule has 1 aromatic carbocycles. The second-order valence-electron chi connectivity index (χ2n) is 9.22. The monoisotopic (exact) mass is 514 g/mol. The van der Waals surface area contributed by atoms with Crippen LogP contribution in [0.5, 0.6) is 11.6 Å². The van der Waals surface area contributed by atoms with Crippen LogP contribution in [0, 0.1) is 5.92 Å². The Kier molecular flexibility index (Phi) is 6.47. The van der Waals surface area contributed by atoms with Crippen molar-refractivity contribution < 1.29 is 22.7 Å². The fraction of sp³-hybridized carbons (Fsp3) is 0.458. The predicted octanol–water partition coefficient (Wildman–Crippen LogP) is 1.39. The summed E-state index contributed by atoms with van der Waals surface area (Å²) in [7, 11) is -1.58. The maximum atomic E-state index is 11.9. The van der Waals surface area contributed by atoms with Gasteiger partial charge in [-0.05, 0) is 25.1 Å². The number of fused-ring (bicyclic) bond motifs is 1. The van der Waals surface area contributed by atoms with Gasteiger partial charge in [0.05, 0.1) is 37.1 Å². The highest BCUT2D eigenvalue weighted by Gasteiger charge is 2.29. The lowest BCUT2D eigenvalue weighted by atomic mass is 10.0. The van der Waals surface area contributed by atoms with E-state index in [1.165, 1.54) is 10.6 Å². The molecule has 2 aromatic heterocycles. The standard InChI is InChI=1S/C24H30N6O5S/c1-16(18-13-23(31)25-14-18)35-24-21-6-7-26-30(21)15-19(27-24)17-4-5-20(22(12-17)34-2)28-8-10-29(11-9-28)36(3,32)33/h4-7,12,15-16,18H,8-11,13-14H2,1-3H3,(H,25,31)/t16-,18-/m1/s1. The number of hydrogen-bond donors (Lipinski definition) is 1. The average molecular weight is 515 g/mol. The van der Waals surface area contributed by atoms with Crippen LogP contribution in [0.15, 0.2) is 36.7 Å². The molecule has 2 aliphatic heterocycles. The van der Waals surface area contributed by atoms with Gasteiger partial charge in [-0.3, -0.25) is 4.79 Å². The number of hydrogen-bond acceptors (Lipinski definition) is 8. The number of sulfonamides is 1. The van der Waals surface area contributed by atoms with E-state index in [0.717, 1.165) is 16.8 Å². The number of carbonyl (C=O) groups excluding carboxylic acids is 1. The van der Waals surface area contributed by atoms with Crippen LogP contribution in [0.25, 0.3) is 16.8 Å². The van der Waals surface area contributed by atoms with E-state index in [-0.39, 0.29) is 17.9 Å². The van der Waals surface area contributed by atoms with Crippen molar-refractivity contribution in [1.82, 2.24) is 24.2 Å². The summed E-state index contributed by atoms with van der Waals surface area (Å²) in [5.74, 6) is 1.25. The summed E-state index contributed by atoms with van der Waals surface area (Å²) < 4.78 is 38.9. The molecular weight excluding hydrogens is 484 g/mol. The summed E-state index contributed by atoms with van der Waals surface area (Å²) >= 11 is 0. The van der Waals surface area contributed by atoms with E-state index in [9.17, 15) is 13.2 Å². The molecule has 12 heteroatoms. The van der Waals surface area contributed by atoms with E-state index in [0.29, 0.717) is 56.5 Å². The highest BCUT2D eigenvalue weighted by atomic mass is 32.2. The third kappa shape index (κ3) is 4.82. The number of nitrogens with zero attached hydrogens (tertiary/aromatic N) is 5. The van der Waals surface area contributed by atoms with E-state index in [2.05, 4.69) is 15.3 Å². The van der Waals surface area contributed by atoms with Crippen molar-refractivity contribution in [3.05, 3.63) is 36.7 Å². The molecule has 2 fully saturated rings. The molecule has 0 aliphatic carbocycles. The Hall–Kier alpha value is -3.38. The number of aromatic nitrogens is 3. The zero-order valence-corrected chi connectivity index (χ0v) is 21.4. The molecule has 2 saturated heterocycles. The summed E-state index contributed by atoms with van der Waals surface area (Å²) in [6, 6.07) is 7.70. The van der Waals surface area contributed by atoms with Gasteiger partial charge < -0.3 is 19.7 Å². The number of amides is 1. The number of ether oxygens (including phenoxy) is 2. The van der Waals surface area contributed by atoms with Gasteiger partial charge in [-0.25, -0.2) is 17.9 Å². The van der Waals surface area contributed by atoms with Crippen LogP contribution in [0.2, 0.25) is 0 Å². The molecule has 0 unspecified atom stereocenters. The molecule has 4 heterocycles. The third-order valence-corrected chi connectivity index (χ3v) is 8.15. The quantitative estimate of drug-likeness (QED) is 0.503. The second-order valence-corrected chi connectivity index (χ2v) is 11.2. The molecule has 2 atom stereocenters. The predicted molar refractivity (Wildman–Crippen MR) is 135 cm³/mol. The van der Waals surface area contributed by atoms with Crippen LogP contribution < -0.4 is 19.7 Å². The van der Waals surface area contributed by atoms with E-state index in [4.69, 9.17) is 14.5 Å². The average Bonchev–Trinajstić information content (AvgIpc) is 3.52. The van der Waals surface area contributed by atoms with Gasteiger partial charge >= 0.3 is 0 Å². The Labute approximate surface area is 210 Å². The highest BCUT2D eigenvalue weighted by molar-refractivity contribution is 7.88. The van der Waals surface area contributed by atoms with Crippen molar-refractivity contribution in [3.8, 4) is 22.9 Å². The van der Waals surface area contributed by atoms with Gasteiger partial charge in [0.2, 0.25) is 21.8 Å². The summed E-state index contributed by atoms with van der Waals surface area (Å²) in [6.45, 7) is 4.56. The number of carbonyl (C=O) groups is 1. The fourth-order valence-corrected chi connectivity index (χ4v) is 5.54. The van der Waals surface area contributed by atoms with Gasteiger partial charge in [-0.2, -0.15) is 9.40 Å². The number of methoxy groups -OCH3 is 1.